The van der Waals surface area contributed by atoms with Gasteiger partial charge in [-0.25, -0.2) is 0 Å². The van der Waals surface area contributed by atoms with Gasteiger partial charge in [-0.3, -0.25) is 9.78 Å². The molecule has 2 aliphatic rings. The van der Waals surface area contributed by atoms with Gasteiger partial charge in [0.15, 0.2) is 0 Å². The van der Waals surface area contributed by atoms with Gasteiger partial charge in [0.05, 0.1) is 30.5 Å². The predicted octanol–water partition coefficient (Wildman–Crippen LogP) is 3.29. The van der Waals surface area contributed by atoms with Gasteiger partial charge in [0.25, 0.3) is 5.91 Å². The largest absolute Gasteiger partial charge is 0.497 e. The van der Waals surface area contributed by atoms with E-state index in [1.54, 1.807) is 7.11 Å². The lowest BCUT2D eigenvalue weighted by Crippen LogP contribution is -2.51. The molecule has 5 heteroatoms. The zero-order valence-electron chi connectivity index (χ0n) is 16.6. The SMILES string of the molecule is COc1ccc(Cc2cc3c(nc2C)CCN([C@H]2CCCC[C@@H]2O)C3=O)cc1. The first-order valence-electron chi connectivity index (χ1n) is 10.2. The zero-order chi connectivity index (χ0) is 19.7. The molecule has 0 unspecified atom stereocenters. The fourth-order valence-corrected chi connectivity index (χ4v) is 4.47. The Labute approximate surface area is 166 Å². The van der Waals surface area contributed by atoms with E-state index in [0.717, 1.165) is 66.8 Å². The van der Waals surface area contributed by atoms with Crippen LogP contribution in [0.3, 0.4) is 0 Å². The Kier molecular flexibility index (Phi) is 5.36. The number of carbonyl (C=O) groups is 1. The van der Waals surface area contributed by atoms with Gasteiger partial charge in [0.2, 0.25) is 0 Å². The molecule has 1 amide bonds. The zero-order valence-corrected chi connectivity index (χ0v) is 16.6. The summed E-state index contributed by atoms with van der Waals surface area (Å²) in [5, 5.41) is 10.4. The molecular formula is C23H28N2O3. The monoisotopic (exact) mass is 380 g/mol. The van der Waals surface area contributed by atoms with Gasteiger partial charge in [-0.2, -0.15) is 0 Å². The lowest BCUT2D eigenvalue weighted by atomic mass is 9.89. The minimum absolute atomic E-state index is 0.0238. The van der Waals surface area contributed by atoms with E-state index in [9.17, 15) is 9.90 Å². The number of aliphatic hydroxyl groups is 1. The molecule has 148 valence electrons. The number of pyridine rings is 1. The van der Waals surface area contributed by atoms with Crippen LogP contribution in [0.5, 0.6) is 5.75 Å². The first-order valence-corrected chi connectivity index (χ1v) is 10.2. The van der Waals surface area contributed by atoms with E-state index < -0.39 is 6.10 Å². The third-order valence-electron chi connectivity index (χ3n) is 6.13. The van der Waals surface area contributed by atoms with Crippen molar-refractivity contribution in [2.24, 2.45) is 0 Å². The van der Waals surface area contributed by atoms with Crippen molar-refractivity contribution in [2.75, 3.05) is 13.7 Å². The number of amides is 1. The molecule has 2 heterocycles. The number of carbonyl (C=O) groups excluding carboxylic acids is 1. The van der Waals surface area contributed by atoms with E-state index >= 15 is 0 Å². The van der Waals surface area contributed by atoms with Crippen molar-refractivity contribution in [3.8, 4) is 5.75 Å². The van der Waals surface area contributed by atoms with Gasteiger partial charge < -0.3 is 14.7 Å². The number of aryl methyl sites for hydroxylation is 1. The van der Waals surface area contributed by atoms with Crippen LogP contribution in [0.25, 0.3) is 0 Å². The number of ether oxygens (including phenoxy) is 1. The number of benzene rings is 1. The molecule has 1 aliphatic carbocycles. The van der Waals surface area contributed by atoms with E-state index in [-0.39, 0.29) is 11.9 Å². The smallest absolute Gasteiger partial charge is 0.256 e. The molecule has 1 N–H and O–H groups in total. The Morgan fingerprint density at radius 3 is 2.68 bits per heavy atom. The van der Waals surface area contributed by atoms with Crippen molar-refractivity contribution in [3.63, 3.8) is 0 Å². The average molecular weight is 380 g/mol. The Bertz CT molecular complexity index is 863. The lowest BCUT2D eigenvalue weighted by Gasteiger charge is -2.40. The topological polar surface area (TPSA) is 62.7 Å². The number of aliphatic hydroxyl groups excluding tert-OH is 1. The molecule has 1 fully saturated rings. The number of hydrogen-bond acceptors (Lipinski definition) is 4. The van der Waals surface area contributed by atoms with Gasteiger partial charge in [-0.05, 0) is 55.5 Å². The summed E-state index contributed by atoms with van der Waals surface area (Å²) < 4.78 is 5.23. The van der Waals surface area contributed by atoms with E-state index in [4.69, 9.17) is 9.72 Å². The molecule has 28 heavy (non-hydrogen) atoms. The summed E-state index contributed by atoms with van der Waals surface area (Å²) in [5.74, 6) is 0.858. The van der Waals surface area contributed by atoms with Crippen molar-refractivity contribution >= 4 is 5.91 Å². The van der Waals surface area contributed by atoms with Gasteiger partial charge in [0, 0.05) is 18.7 Å². The van der Waals surface area contributed by atoms with Crippen LogP contribution in [0.15, 0.2) is 30.3 Å². The number of rotatable bonds is 4. The molecule has 5 nitrogen and oxygen atoms in total. The summed E-state index contributed by atoms with van der Waals surface area (Å²) in [7, 11) is 1.66. The van der Waals surface area contributed by atoms with Crippen LogP contribution in [0.1, 0.15) is 58.6 Å². The Balaban J connectivity index is 1.59. The van der Waals surface area contributed by atoms with Crippen LogP contribution in [0.4, 0.5) is 0 Å². The van der Waals surface area contributed by atoms with Gasteiger partial charge in [0.1, 0.15) is 5.75 Å². The van der Waals surface area contributed by atoms with Gasteiger partial charge >= 0.3 is 0 Å². The summed E-state index contributed by atoms with van der Waals surface area (Å²) >= 11 is 0. The highest BCUT2D eigenvalue weighted by Crippen LogP contribution is 2.29. The highest BCUT2D eigenvalue weighted by molar-refractivity contribution is 5.96. The molecule has 1 saturated carbocycles. The Hall–Kier alpha value is -2.40. The maximum absolute atomic E-state index is 13.2. The summed E-state index contributed by atoms with van der Waals surface area (Å²) in [4.78, 5) is 19.9. The first-order chi connectivity index (χ1) is 13.6. The molecule has 0 radical (unpaired) electrons. The summed E-state index contributed by atoms with van der Waals surface area (Å²) in [6, 6.07) is 9.96. The maximum Gasteiger partial charge on any atom is 0.256 e. The number of hydrogen-bond donors (Lipinski definition) is 1. The number of methoxy groups -OCH3 is 1. The minimum Gasteiger partial charge on any atom is -0.497 e. The summed E-state index contributed by atoms with van der Waals surface area (Å²) in [6.07, 6.45) is 4.88. The van der Waals surface area contributed by atoms with Crippen LogP contribution < -0.4 is 4.74 Å². The Morgan fingerprint density at radius 2 is 1.96 bits per heavy atom. The third-order valence-corrected chi connectivity index (χ3v) is 6.13. The van der Waals surface area contributed by atoms with Crippen LogP contribution in [0.2, 0.25) is 0 Å². The molecule has 0 saturated heterocycles. The average Bonchev–Trinajstić information content (AvgIpc) is 2.71. The quantitative estimate of drug-likeness (QED) is 0.884. The molecular weight excluding hydrogens is 352 g/mol. The van der Waals surface area contributed by atoms with E-state index in [1.165, 1.54) is 0 Å². The Morgan fingerprint density at radius 1 is 1.21 bits per heavy atom. The molecule has 2 atom stereocenters. The second-order valence-corrected chi connectivity index (χ2v) is 7.92. The minimum atomic E-state index is -0.406. The fraction of sp³-hybridized carbons (Fsp3) is 0.478. The van der Waals surface area contributed by atoms with Crippen LogP contribution in [0, 0.1) is 6.92 Å². The first kappa shape index (κ1) is 18.9. The number of nitrogens with zero attached hydrogens (tertiary/aromatic N) is 2. The molecule has 1 aromatic carbocycles. The normalized spacial score (nSPS) is 22.1. The fourth-order valence-electron chi connectivity index (χ4n) is 4.47. The predicted molar refractivity (Wildman–Crippen MR) is 108 cm³/mol. The molecule has 1 aromatic heterocycles. The van der Waals surface area contributed by atoms with Crippen LogP contribution in [-0.4, -0.2) is 46.7 Å². The molecule has 0 bridgehead atoms. The third kappa shape index (κ3) is 3.63. The molecule has 4 rings (SSSR count). The van der Waals surface area contributed by atoms with Crippen molar-refractivity contribution in [3.05, 3.63) is 58.4 Å². The van der Waals surface area contributed by atoms with E-state index in [0.29, 0.717) is 12.1 Å². The van der Waals surface area contributed by atoms with E-state index in [2.05, 4.69) is 0 Å². The molecule has 0 spiro atoms. The van der Waals surface area contributed by atoms with Crippen molar-refractivity contribution in [1.82, 2.24) is 9.88 Å². The number of aromatic nitrogens is 1. The van der Waals surface area contributed by atoms with Crippen molar-refractivity contribution in [1.29, 1.82) is 0 Å². The standard InChI is InChI=1S/C23H28N2O3/c1-15-17(13-16-7-9-18(28-2)10-8-16)14-19-20(24-15)11-12-25(23(19)27)21-5-3-4-6-22(21)26/h7-10,14,21-22,26H,3-6,11-13H2,1-2H3/t21-,22-/m0/s1. The van der Waals surface area contributed by atoms with Crippen molar-refractivity contribution in [2.45, 2.75) is 57.6 Å². The maximum atomic E-state index is 13.2. The highest BCUT2D eigenvalue weighted by atomic mass is 16.5. The van der Waals surface area contributed by atoms with Gasteiger partial charge in [-0.15, -0.1) is 0 Å². The summed E-state index contributed by atoms with van der Waals surface area (Å²) in [6.45, 7) is 2.67. The summed E-state index contributed by atoms with van der Waals surface area (Å²) in [5.41, 5.74) is 4.81. The number of fused-ring (bicyclic) bond motifs is 1. The van der Waals surface area contributed by atoms with Crippen LogP contribution in [-0.2, 0) is 12.8 Å². The van der Waals surface area contributed by atoms with Gasteiger partial charge in [-0.1, -0.05) is 25.0 Å². The second-order valence-electron chi connectivity index (χ2n) is 7.92. The highest BCUT2D eigenvalue weighted by Gasteiger charge is 2.35. The van der Waals surface area contributed by atoms with E-state index in [1.807, 2.05) is 42.2 Å². The van der Waals surface area contributed by atoms with Crippen molar-refractivity contribution < 1.29 is 14.6 Å². The molecule has 1 aliphatic heterocycles. The second kappa shape index (κ2) is 7.92. The molecule has 2 aromatic rings. The lowest BCUT2D eigenvalue weighted by molar-refractivity contribution is 0.0160. The van der Waals surface area contributed by atoms with Crippen LogP contribution >= 0.6 is 0 Å².